The Morgan fingerprint density at radius 2 is 1.12 bits per heavy atom. The molecule has 0 saturated heterocycles. The number of aryl methyl sites for hydroxylation is 1. The third-order valence-electron chi connectivity index (χ3n) is 7.60. The van der Waals surface area contributed by atoms with Crippen LogP contribution in [0.2, 0.25) is 0 Å². The average Bonchev–Trinajstić information content (AvgIpc) is 3.53. The van der Waals surface area contributed by atoms with Gasteiger partial charge in [0.15, 0.2) is 23.0 Å². The Morgan fingerprint density at radius 3 is 1.76 bits per heavy atom. The second-order valence-corrected chi connectivity index (χ2v) is 9.85. The normalized spacial score (nSPS) is 11.8. The van der Waals surface area contributed by atoms with Gasteiger partial charge in [-0.1, -0.05) is 36.4 Å². The van der Waals surface area contributed by atoms with Crippen LogP contribution in [0.15, 0.2) is 65.1 Å². The molecule has 0 saturated carbocycles. The number of phenols is 8. The summed E-state index contributed by atoms with van der Waals surface area (Å²) >= 11 is 0. The summed E-state index contributed by atoms with van der Waals surface area (Å²) in [5.74, 6) is -7.90. The number of fused-ring (bicyclic) bond motifs is 6. The number of benzene rings is 5. The number of phenolic OH excluding ortho intramolecular Hbond substituents is 8. The Hall–Kier alpha value is -5.90. The lowest BCUT2D eigenvalue weighted by atomic mass is 9.99. The number of rotatable bonds is 2. The first-order valence-corrected chi connectivity index (χ1v) is 12.4. The monoisotopic (exact) mass is 551 g/mol. The molecule has 2 aromatic heterocycles. The van der Waals surface area contributed by atoms with Gasteiger partial charge in [-0.05, 0) is 42.3 Å². The van der Waals surface area contributed by atoms with Crippen molar-refractivity contribution in [3.05, 3.63) is 66.2 Å². The number of hydrogen-bond acceptors (Lipinski definition) is 9. The molecule has 0 bridgehead atoms. The van der Waals surface area contributed by atoms with Gasteiger partial charge >= 0.3 is 0 Å². The zero-order chi connectivity index (χ0) is 28.9. The van der Waals surface area contributed by atoms with E-state index in [2.05, 4.69) is 0 Å². The summed E-state index contributed by atoms with van der Waals surface area (Å²) < 4.78 is 7.23. The first-order chi connectivity index (χ1) is 19.6. The highest BCUT2D eigenvalue weighted by Gasteiger charge is 2.32. The van der Waals surface area contributed by atoms with Gasteiger partial charge < -0.3 is 49.8 Å². The van der Waals surface area contributed by atoms with Gasteiger partial charge in [-0.2, -0.15) is 0 Å². The SMILES string of the molecule is Cc1cccc2oc3ccc(-c4ccccc4-n4c5c(O)c(O)c(O)c(O)c5c5c(O)c(O)c(O)c(O)c54)cc3c12. The van der Waals surface area contributed by atoms with Crippen LogP contribution in [0.5, 0.6) is 46.0 Å². The minimum absolute atomic E-state index is 0.288. The maximum atomic E-state index is 11.0. The van der Waals surface area contributed by atoms with E-state index in [0.717, 1.165) is 21.9 Å². The third kappa shape index (κ3) is 3.01. The molecule has 0 amide bonds. The molecule has 0 aliphatic carbocycles. The fraction of sp³-hybridized carbons (Fsp3) is 0.0323. The van der Waals surface area contributed by atoms with Crippen LogP contribution in [-0.4, -0.2) is 45.4 Å². The summed E-state index contributed by atoms with van der Waals surface area (Å²) in [6.07, 6.45) is 0. The van der Waals surface area contributed by atoms with E-state index in [1.807, 2.05) is 43.3 Å². The van der Waals surface area contributed by atoms with Crippen molar-refractivity contribution in [2.45, 2.75) is 6.92 Å². The van der Waals surface area contributed by atoms with E-state index in [-0.39, 0.29) is 16.7 Å². The molecule has 0 spiro atoms. The number of aromatic hydroxyl groups is 8. The van der Waals surface area contributed by atoms with Gasteiger partial charge in [0.25, 0.3) is 0 Å². The molecule has 0 radical (unpaired) electrons. The number of aromatic nitrogens is 1. The molecular weight excluding hydrogens is 530 g/mol. The number of para-hydroxylation sites is 1. The smallest absolute Gasteiger partial charge is 0.206 e. The van der Waals surface area contributed by atoms with Crippen LogP contribution in [-0.2, 0) is 0 Å². The van der Waals surface area contributed by atoms with Crippen LogP contribution < -0.4 is 0 Å². The lowest BCUT2D eigenvalue weighted by molar-refractivity contribution is 0.350. The molecule has 0 unspecified atom stereocenters. The van der Waals surface area contributed by atoms with Crippen molar-refractivity contribution in [2.75, 3.05) is 0 Å². The van der Waals surface area contributed by atoms with Crippen molar-refractivity contribution in [2.24, 2.45) is 0 Å². The molecule has 7 rings (SSSR count). The molecular formula is C31H21NO9. The Labute approximate surface area is 229 Å². The van der Waals surface area contributed by atoms with E-state index in [9.17, 15) is 40.9 Å². The molecule has 10 nitrogen and oxygen atoms in total. The van der Waals surface area contributed by atoms with Crippen LogP contribution in [0, 0.1) is 6.92 Å². The van der Waals surface area contributed by atoms with Crippen molar-refractivity contribution >= 4 is 43.7 Å². The van der Waals surface area contributed by atoms with Gasteiger partial charge in [-0.25, -0.2) is 0 Å². The first-order valence-electron chi connectivity index (χ1n) is 12.4. The molecule has 0 aliphatic heterocycles. The summed E-state index contributed by atoms with van der Waals surface area (Å²) in [5.41, 5.74) is 3.29. The molecule has 7 aromatic rings. The maximum absolute atomic E-state index is 11.0. The summed E-state index contributed by atoms with van der Waals surface area (Å²) in [6.45, 7) is 1.98. The molecule has 2 heterocycles. The molecule has 5 aromatic carbocycles. The van der Waals surface area contributed by atoms with E-state index < -0.39 is 56.8 Å². The van der Waals surface area contributed by atoms with Gasteiger partial charge in [0.1, 0.15) is 22.2 Å². The molecule has 0 atom stereocenters. The summed E-state index contributed by atoms with van der Waals surface area (Å²) in [5, 5.41) is 86.1. The molecule has 0 fully saturated rings. The van der Waals surface area contributed by atoms with E-state index in [1.54, 1.807) is 24.3 Å². The van der Waals surface area contributed by atoms with E-state index in [0.29, 0.717) is 16.7 Å². The number of nitrogens with zero attached hydrogens (tertiary/aromatic N) is 1. The second-order valence-electron chi connectivity index (χ2n) is 9.85. The molecule has 0 aliphatic rings. The van der Waals surface area contributed by atoms with Crippen LogP contribution in [0.1, 0.15) is 5.56 Å². The Kier molecular flexibility index (Phi) is 4.75. The van der Waals surface area contributed by atoms with Crippen LogP contribution in [0.4, 0.5) is 0 Å². The summed E-state index contributed by atoms with van der Waals surface area (Å²) in [4.78, 5) is 0. The zero-order valence-electron chi connectivity index (χ0n) is 21.2. The second kappa shape index (κ2) is 8.06. The summed E-state index contributed by atoms with van der Waals surface area (Å²) in [7, 11) is 0. The average molecular weight is 552 g/mol. The minimum Gasteiger partial charge on any atom is -0.504 e. The maximum Gasteiger partial charge on any atom is 0.206 e. The van der Waals surface area contributed by atoms with Crippen LogP contribution in [0.3, 0.4) is 0 Å². The predicted molar refractivity (Wildman–Crippen MR) is 152 cm³/mol. The van der Waals surface area contributed by atoms with E-state index in [1.165, 1.54) is 4.57 Å². The predicted octanol–water partition coefficient (Wildman–Crippen LogP) is 6.30. The highest BCUT2D eigenvalue weighted by molar-refractivity contribution is 6.21. The zero-order valence-corrected chi connectivity index (χ0v) is 21.2. The van der Waals surface area contributed by atoms with Crippen LogP contribution >= 0.6 is 0 Å². The van der Waals surface area contributed by atoms with Crippen molar-refractivity contribution in [3.63, 3.8) is 0 Å². The van der Waals surface area contributed by atoms with E-state index in [4.69, 9.17) is 4.42 Å². The summed E-state index contributed by atoms with van der Waals surface area (Å²) in [6, 6.07) is 18.1. The lowest BCUT2D eigenvalue weighted by Gasteiger charge is -2.16. The van der Waals surface area contributed by atoms with Crippen molar-refractivity contribution < 1.29 is 45.3 Å². The third-order valence-corrected chi connectivity index (χ3v) is 7.60. The molecule has 204 valence electrons. The number of furan rings is 1. The number of hydrogen-bond donors (Lipinski definition) is 8. The Morgan fingerprint density at radius 1 is 0.537 bits per heavy atom. The van der Waals surface area contributed by atoms with Crippen molar-refractivity contribution in [1.29, 1.82) is 0 Å². The Balaban J connectivity index is 1.66. The highest BCUT2D eigenvalue weighted by atomic mass is 16.4. The minimum atomic E-state index is -1.08. The first kappa shape index (κ1) is 24.2. The van der Waals surface area contributed by atoms with Gasteiger partial charge in [0.05, 0.1) is 16.5 Å². The quantitative estimate of drug-likeness (QED) is 0.0903. The standard InChI is InChI=1S/C31H21NO9/c1-12-5-4-8-18-19(12)15-11-13(9-10-17(15)41-18)14-6-2-3-7-16(14)32-22-20(24(33)28(37)30(39)26(22)35)21-23(32)27(36)31(40)29(38)25(21)34/h2-11,33-40H,1H3. The topological polar surface area (TPSA) is 180 Å². The highest BCUT2D eigenvalue weighted by Crippen LogP contribution is 2.59. The van der Waals surface area contributed by atoms with E-state index >= 15 is 0 Å². The fourth-order valence-corrected chi connectivity index (χ4v) is 5.72. The molecule has 10 heteroatoms. The van der Waals surface area contributed by atoms with Gasteiger partial charge in [0.2, 0.25) is 23.0 Å². The molecule has 41 heavy (non-hydrogen) atoms. The lowest BCUT2D eigenvalue weighted by Crippen LogP contribution is -1.98. The fourth-order valence-electron chi connectivity index (χ4n) is 5.72. The van der Waals surface area contributed by atoms with Crippen molar-refractivity contribution in [1.82, 2.24) is 4.57 Å². The van der Waals surface area contributed by atoms with Crippen molar-refractivity contribution in [3.8, 4) is 62.8 Å². The van der Waals surface area contributed by atoms with Crippen LogP contribution in [0.25, 0.3) is 60.6 Å². The van der Waals surface area contributed by atoms with Gasteiger partial charge in [-0.15, -0.1) is 0 Å². The van der Waals surface area contributed by atoms with Gasteiger partial charge in [-0.3, -0.25) is 0 Å². The largest absolute Gasteiger partial charge is 0.504 e. The molecule has 8 N–H and O–H groups in total. The Bertz CT molecular complexity index is 2180. The van der Waals surface area contributed by atoms with Gasteiger partial charge in [0, 0.05) is 16.3 Å².